The zero-order valence-corrected chi connectivity index (χ0v) is 31.5. The number of ether oxygens (including phenoxy) is 4. The predicted molar refractivity (Wildman–Crippen MR) is 206 cm³/mol. The van der Waals surface area contributed by atoms with Crippen molar-refractivity contribution in [2.24, 2.45) is 22.7 Å². The van der Waals surface area contributed by atoms with Gasteiger partial charge in [-0.3, -0.25) is 4.79 Å². The highest BCUT2D eigenvalue weighted by atomic mass is 16.7. The van der Waals surface area contributed by atoms with Crippen LogP contribution in [0.25, 0.3) is 33.6 Å². The van der Waals surface area contributed by atoms with Crippen molar-refractivity contribution in [2.75, 3.05) is 14.2 Å². The minimum absolute atomic E-state index is 0.0544. The number of para-hydroxylation sites is 2. The quantitative estimate of drug-likeness (QED) is 0.168. The van der Waals surface area contributed by atoms with Crippen LogP contribution in [-0.4, -0.2) is 59.1 Å². The summed E-state index contributed by atoms with van der Waals surface area (Å²) in [5, 5.41) is 0. The number of hydrogen-bond donors (Lipinski definition) is 0. The fourth-order valence-corrected chi connectivity index (χ4v) is 9.96. The number of Topliss-reactive ketones (excluding diaryl/α,β-unsaturated/α-hetero) is 1. The molecule has 4 aromatic rings. The summed E-state index contributed by atoms with van der Waals surface area (Å²) in [4.78, 5) is 58.9. The summed E-state index contributed by atoms with van der Waals surface area (Å²) in [7, 11) is 2.41. The smallest absolute Gasteiger partial charge is 0.353 e. The molecule has 280 valence electrons. The number of hydrogen-bond acceptors (Lipinski definition) is 10. The maximum atomic E-state index is 15.6. The Balaban J connectivity index is 1.28. The molecule has 4 fully saturated rings. The number of ketones is 1. The monoisotopic (exact) mass is 737 g/mol. The van der Waals surface area contributed by atoms with E-state index in [0.29, 0.717) is 40.0 Å². The van der Waals surface area contributed by atoms with E-state index in [1.54, 1.807) is 0 Å². The van der Waals surface area contributed by atoms with E-state index in [1.165, 1.54) is 33.5 Å². The second-order valence-electron chi connectivity index (χ2n) is 15.7. The van der Waals surface area contributed by atoms with Gasteiger partial charge in [-0.2, -0.15) is 0 Å². The number of rotatable bonds is 8. The molecule has 4 bridgehead atoms. The minimum Gasteiger partial charge on any atom is -0.465 e. The van der Waals surface area contributed by atoms with Crippen LogP contribution in [0.15, 0.2) is 88.9 Å². The van der Waals surface area contributed by atoms with Gasteiger partial charge in [0.25, 0.3) is 5.78 Å². The van der Waals surface area contributed by atoms with Crippen LogP contribution in [0, 0.1) is 17.8 Å². The molecule has 0 amide bonds. The van der Waals surface area contributed by atoms with E-state index in [-0.39, 0.29) is 28.5 Å². The molecule has 4 aliphatic carbocycles. The molecular weight excluding hydrogens is 695 g/mol. The molecule has 6 aliphatic rings. The summed E-state index contributed by atoms with van der Waals surface area (Å²) >= 11 is 0. The lowest BCUT2D eigenvalue weighted by Crippen LogP contribution is -2.50. The van der Waals surface area contributed by atoms with E-state index in [2.05, 4.69) is 13.8 Å². The van der Waals surface area contributed by atoms with Crippen LogP contribution in [0.3, 0.4) is 0 Å². The average molecular weight is 738 g/mol. The zero-order valence-electron chi connectivity index (χ0n) is 31.5. The van der Waals surface area contributed by atoms with Gasteiger partial charge in [-0.05, 0) is 92.4 Å². The number of aliphatic imine (C=N–C) groups is 1. The van der Waals surface area contributed by atoms with E-state index in [9.17, 15) is 9.59 Å². The lowest BCUT2D eigenvalue weighted by atomic mass is 9.53. The van der Waals surface area contributed by atoms with Crippen molar-refractivity contribution in [3.05, 3.63) is 106 Å². The molecular formula is C45H43N3O7. The number of methoxy groups -OCH3 is 2. The van der Waals surface area contributed by atoms with Crippen LogP contribution in [-0.2, 0) is 46.2 Å². The summed E-state index contributed by atoms with van der Waals surface area (Å²) in [6.07, 6.45) is 7.72. The highest BCUT2D eigenvalue weighted by molar-refractivity contribution is 6.38. The Morgan fingerprint density at radius 1 is 0.727 bits per heavy atom. The molecule has 3 aromatic carbocycles. The third-order valence-electron chi connectivity index (χ3n) is 12.2. The Morgan fingerprint density at radius 3 is 1.78 bits per heavy atom. The van der Waals surface area contributed by atoms with Gasteiger partial charge in [0.05, 0.1) is 42.1 Å². The van der Waals surface area contributed by atoms with Crippen molar-refractivity contribution in [2.45, 2.75) is 76.5 Å². The van der Waals surface area contributed by atoms with Crippen molar-refractivity contribution in [3.63, 3.8) is 0 Å². The maximum absolute atomic E-state index is 15.6. The predicted octanol–water partition coefficient (Wildman–Crippen LogP) is 7.63. The average Bonchev–Trinajstić information content (AvgIpc) is 3.68. The number of aryl methyl sites for hydroxylation is 2. The molecule has 1 spiro atoms. The maximum Gasteiger partial charge on any atom is 0.353 e. The Bertz CT molecular complexity index is 2320. The first kappa shape index (κ1) is 35.1. The number of carbonyl (C=O) groups is 3. The fourth-order valence-electron chi connectivity index (χ4n) is 9.96. The number of nitrogens with zero attached hydrogens (tertiary/aromatic N) is 3. The third-order valence-corrected chi connectivity index (χ3v) is 12.2. The SMILES string of the molecule is CCc1ccc(C2=C(c3nc4ccccc4nc3-c3ccc(CC)cc3)C(=O)C3(OC(=NC45CC6CC(CC(C6)C4)C5)C(C(=O)OC)=C3C(=O)OC)O2)cc1. The van der Waals surface area contributed by atoms with Crippen LogP contribution in [0.2, 0.25) is 0 Å². The Hall–Kier alpha value is -5.64. The molecule has 10 heteroatoms. The van der Waals surface area contributed by atoms with Gasteiger partial charge in [-0.15, -0.1) is 0 Å². The number of aromatic nitrogens is 2. The van der Waals surface area contributed by atoms with Gasteiger partial charge in [-0.25, -0.2) is 24.5 Å². The summed E-state index contributed by atoms with van der Waals surface area (Å²) in [5.74, 6) is -3.43. The van der Waals surface area contributed by atoms with E-state index in [0.717, 1.165) is 48.8 Å². The van der Waals surface area contributed by atoms with Crippen LogP contribution in [0.1, 0.15) is 74.8 Å². The van der Waals surface area contributed by atoms with Crippen molar-refractivity contribution in [1.29, 1.82) is 0 Å². The van der Waals surface area contributed by atoms with Crippen molar-refractivity contribution >= 4 is 46.0 Å². The molecule has 1 aromatic heterocycles. The molecule has 1 unspecified atom stereocenters. The van der Waals surface area contributed by atoms with Gasteiger partial charge in [0.1, 0.15) is 22.6 Å². The van der Waals surface area contributed by atoms with Crippen LogP contribution in [0.5, 0.6) is 0 Å². The number of esters is 2. The highest BCUT2D eigenvalue weighted by Crippen LogP contribution is 2.58. The van der Waals surface area contributed by atoms with Gasteiger partial charge in [0, 0.05) is 11.1 Å². The Morgan fingerprint density at radius 2 is 1.25 bits per heavy atom. The third kappa shape index (κ3) is 5.67. The summed E-state index contributed by atoms with van der Waals surface area (Å²) < 4.78 is 24.0. The van der Waals surface area contributed by atoms with E-state index >= 15 is 4.79 Å². The first-order chi connectivity index (χ1) is 26.7. The number of benzene rings is 3. The van der Waals surface area contributed by atoms with Crippen LogP contribution < -0.4 is 0 Å². The van der Waals surface area contributed by atoms with E-state index < -0.39 is 34.6 Å². The molecule has 2 aliphatic heterocycles. The second kappa shape index (κ2) is 13.3. The number of carbonyl (C=O) groups excluding carboxylic acids is 3. The first-order valence-electron chi connectivity index (χ1n) is 19.3. The Kier molecular flexibility index (Phi) is 8.47. The molecule has 3 heterocycles. The molecule has 1 atom stereocenters. The van der Waals surface area contributed by atoms with Crippen molar-refractivity contribution in [3.8, 4) is 11.3 Å². The summed E-state index contributed by atoms with van der Waals surface area (Å²) in [6.45, 7) is 4.15. The zero-order chi connectivity index (χ0) is 38.1. The minimum atomic E-state index is -2.46. The lowest BCUT2D eigenvalue weighted by molar-refractivity contribution is -0.158. The van der Waals surface area contributed by atoms with Gasteiger partial charge >= 0.3 is 17.7 Å². The fraction of sp³-hybridized carbons (Fsp3) is 0.378. The van der Waals surface area contributed by atoms with Crippen LogP contribution >= 0.6 is 0 Å². The molecule has 10 rings (SSSR count). The molecule has 55 heavy (non-hydrogen) atoms. The lowest BCUT2D eigenvalue weighted by Gasteiger charge is -2.54. The number of fused-ring (bicyclic) bond motifs is 1. The molecule has 4 saturated carbocycles. The van der Waals surface area contributed by atoms with Gasteiger partial charge in [0.2, 0.25) is 5.90 Å². The Labute approximate surface area is 319 Å². The molecule has 0 radical (unpaired) electrons. The normalized spacial score (nSPS) is 27.3. The topological polar surface area (TPSA) is 126 Å². The summed E-state index contributed by atoms with van der Waals surface area (Å²) in [5.41, 5.74) is 4.30. The molecule has 10 nitrogen and oxygen atoms in total. The van der Waals surface area contributed by atoms with E-state index in [4.69, 9.17) is 33.9 Å². The van der Waals surface area contributed by atoms with Gasteiger partial charge in [0.15, 0.2) is 0 Å². The highest BCUT2D eigenvalue weighted by Gasteiger charge is 2.66. The standard InChI is InChI=1S/C45H43N3O7/c1-5-25-11-15-30(16-12-25)37-38(47-33-10-8-7-9-32(33)46-37)35-39(31-17-13-26(6-2)14-18-31)54-45(40(35)49)36(43(51)53-4)34(42(50)52-3)41(55-45)48-44-22-27-19-28(23-44)21-29(20-27)24-44/h7-18,27-29H,5-6,19-24H2,1-4H3. The summed E-state index contributed by atoms with van der Waals surface area (Å²) in [6, 6.07) is 23.1. The molecule has 0 saturated heterocycles. The van der Waals surface area contributed by atoms with Gasteiger partial charge < -0.3 is 18.9 Å². The largest absolute Gasteiger partial charge is 0.465 e. The van der Waals surface area contributed by atoms with Crippen molar-refractivity contribution in [1.82, 2.24) is 9.97 Å². The first-order valence-corrected chi connectivity index (χ1v) is 19.3. The van der Waals surface area contributed by atoms with Gasteiger partial charge in [-0.1, -0.05) is 74.5 Å². The van der Waals surface area contributed by atoms with Crippen molar-refractivity contribution < 1.29 is 33.3 Å². The van der Waals surface area contributed by atoms with E-state index in [1.807, 2.05) is 72.8 Å². The molecule has 0 N–H and O–H groups in total. The second-order valence-corrected chi connectivity index (χ2v) is 15.7. The van der Waals surface area contributed by atoms with Crippen LogP contribution in [0.4, 0.5) is 0 Å².